The Kier molecular flexibility index (Phi) is 1.28. The number of rotatable bonds is 0. The van der Waals surface area contributed by atoms with Gasteiger partial charge in [-0.15, -0.1) is 0 Å². The highest BCUT2D eigenvalue weighted by atomic mass is 15.5. The molecular weight excluding hydrogens is 102 g/mol. The predicted octanol–water partition coefficient (Wildman–Crippen LogP) is 1.25. The van der Waals surface area contributed by atoms with Crippen LogP contribution in [0.15, 0.2) is 21.6 Å². The quantitative estimate of drug-likeness (QED) is 0.501. The van der Waals surface area contributed by atoms with E-state index in [1.807, 2.05) is 13.8 Å². The lowest BCUT2D eigenvalue weighted by atomic mass is 10.3. The molecule has 0 aromatic rings. The van der Waals surface area contributed by atoms with Crippen LogP contribution >= 0.6 is 0 Å². The van der Waals surface area contributed by atoms with Crippen LogP contribution in [0.2, 0.25) is 0 Å². The summed E-state index contributed by atoms with van der Waals surface area (Å²) in [4.78, 5) is 0. The first-order valence-corrected chi connectivity index (χ1v) is 2.59. The van der Waals surface area contributed by atoms with Gasteiger partial charge in [0, 0.05) is 0 Å². The molecule has 0 spiro atoms. The number of allylic oxidation sites excluding steroid dienone is 1. The van der Waals surface area contributed by atoms with Gasteiger partial charge in [0.15, 0.2) is 0 Å². The molecule has 0 fully saturated rings. The number of hydrogen-bond donors (Lipinski definition) is 1. The fourth-order valence-corrected chi connectivity index (χ4v) is 0.507. The summed E-state index contributed by atoms with van der Waals surface area (Å²) in [6, 6.07) is 0. The molecule has 1 rings (SSSR count). The molecule has 0 radical (unpaired) electrons. The van der Waals surface area contributed by atoms with Gasteiger partial charge in [0.25, 0.3) is 0 Å². The van der Waals surface area contributed by atoms with Crippen LogP contribution in [0.3, 0.4) is 0 Å². The molecule has 0 aromatic carbocycles. The largest absolute Gasteiger partial charge is 0.262 e. The second-order valence-electron chi connectivity index (χ2n) is 1.99. The molecule has 44 valence electrons. The molecule has 0 aromatic heterocycles. The summed E-state index contributed by atoms with van der Waals surface area (Å²) in [5.41, 5.74) is 5.18. The third-order valence-corrected chi connectivity index (χ3v) is 1.09. The summed E-state index contributed by atoms with van der Waals surface area (Å²) in [6.07, 6.45) is 0. The van der Waals surface area contributed by atoms with E-state index in [1.54, 1.807) is 0 Å². The van der Waals surface area contributed by atoms with Crippen LogP contribution in [0.25, 0.3) is 0 Å². The molecule has 0 amide bonds. The van der Waals surface area contributed by atoms with Gasteiger partial charge < -0.3 is 0 Å². The predicted molar refractivity (Wildman–Crippen MR) is 31.2 cm³/mol. The lowest BCUT2D eigenvalue weighted by Gasteiger charge is -1.94. The molecule has 0 saturated carbocycles. The first-order chi connectivity index (χ1) is 3.80. The van der Waals surface area contributed by atoms with Crippen molar-refractivity contribution in [1.29, 1.82) is 0 Å². The summed E-state index contributed by atoms with van der Waals surface area (Å²) in [5, 5.41) is 7.35. The Hall–Kier alpha value is -0.860. The van der Waals surface area contributed by atoms with Gasteiger partial charge in [0.05, 0.1) is 5.70 Å². The zero-order chi connectivity index (χ0) is 5.98. The minimum Gasteiger partial charge on any atom is -0.262 e. The fourth-order valence-electron chi connectivity index (χ4n) is 0.507. The number of hydrogen-bond acceptors (Lipinski definition) is 3. The molecular formula is C5H9N3. The van der Waals surface area contributed by atoms with Crippen molar-refractivity contribution in [3.63, 3.8) is 0 Å². The van der Waals surface area contributed by atoms with Crippen LogP contribution in [0.5, 0.6) is 0 Å². The molecule has 3 nitrogen and oxygen atoms in total. The highest BCUT2D eigenvalue weighted by Crippen LogP contribution is 2.04. The van der Waals surface area contributed by atoms with Crippen molar-refractivity contribution in [1.82, 2.24) is 5.43 Å². The molecule has 1 aliphatic heterocycles. The molecule has 1 aliphatic rings. The van der Waals surface area contributed by atoms with Crippen molar-refractivity contribution in [2.75, 3.05) is 6.54 Å². The lowest BCUT2D eigenvalue weighted by molar-refractivity contribution is 0.895. The average Bonchev–Trinajstić information content (AvgIpc) is 2.12. The Balaban J connectivity index is 2.64. The van der Waals surface area contributed by atoms with Crippen LogP contribution in [-0.2, 0) is 0 Å². The molecule has 1 heterocycles. The molecule has 3 heteroatoms. The average molecular weight is 111 g/mol. The maximum absolute atomic E-state index is 3.74. The smallest absolute Gasteiger partial charge is 0.104 e. The number of nitrogens with one attached hydrogen (secondary N) is 1. The minimum atomic E-state index is 0.725. The van der Waals surface area contributed by atoms with Crippen molar-refractivity contribution in [3.8, 4) is 0 Å². The summed E-state index contributed by atoms with van der Waals surface area (Å²) in [5.74, 6) is 0. The Morgan fingerprint density at radius 3 is 2.62 bits per heavy atom. The van der Waals surface area contributed by atoms with E-state index in [2.05, 4.69) is 15.8 Å². The summed E-state index contributed by atoms with van der Waals surface area (Å²) < 4.78 is 0. The van der Waals surface area contributed by atoms with Crippen molar-refractivity contribution < 1.29 is 0 Å². The minimum absolute atomic E-state index is 0.725. The first kappa shape index (κ1) is 5.28. The van der Waals surface area contributed by atoms with Gasteiger partial charge in [-0.05, 0) is 13.8 Å². The molecule has 0 bridgehead atoms. The molecule has 0 atom stereocenters. The van der Waals surface area contributed by atoms with E-state index in [9.17, 15) is 0 Å². The number of nitrogens with zero attached hydrogens (tertiary/aromatic N) is 2. The summed E-state index contributed by atoms with van der Waals surface area (Å²) >= 11 is 0. The van der Waals surface area contributed by atoms with Crippen LogP contribution in [0, 0.1) is 0 Å². The molecule has 0 aliphatic carbocycles. The van der Waals surface area contributed by atoms with Crippen LogP contribution in [0.1, 0.15) is 13.8 Å². The van der Waals surface area contributed by atoms with E-state index in [0.29, 0.717) is 0 Å². The SMILES string of the molecule is CC(C)=C1CN=NN1. The molecule has 1 N–H and O–H groups in total. The van der Waals surface area contributed by atoms with Gasteiger partial charge >= 0.3 is 0 Å². The van der Waals surface area contributed by atoms with Crippen LogP contribution in [-0.4, -0.2) is 6.54 Å². The topological polar surface area (TPSA) is 36.8 Å². The van der Waals surface area contributed by atoms with E-state index in [-0.39, 0.29) is 0 Å². The van der Waals surface area contributed by atoms with Crippen LogP contribution < -0.4 is 5.43 Å². The van der Waals surface area contributed by atoms with Gasteiger partial charge in [0.2, 0.25) is 0 Å². The van der Waals surface area contributed by atoms with E-state index in [0.717, 1.165) is 12.2 Å². The highest BCUT2D eigenvalue weighted by Gasteiger charge is 2.00. The van der Waals surface area contributed by atoms with Gasteiger partial charge in [-0.2, -0.15) is 5.11 Å². The Morgan fingerprint density at radius 1 is 1.62 bits per heavy atom. The second kappa shape index (κ2) is 1.94. The van der Waals surface area contributed by atoms with Crippen molar-refractivity contribution >= 4 is 0 Å². The van der Waals surface area contributed by atoms with Gasteiger partial charge in [-0.1, -0.05) is 10.8 Å². The Morgan fingerprint density at radius 2 is 2.38 bits per heavy atom. The Labute approximate surface area is 48.5 Å². The van der Waals surface area contributed by atoms with E-state index >= 15 is 0 Å². The standard InChI is InChI=1S/C5H9N3/c1-4(2)5-3-6-8-7-5/h3H2,1-2H3,(H,6,7). The highest BCUT2D eigenvalue weighted by molar-refractivity contribution is 5.10. The third kappa shape index (κ3) is 0.857. The van der Waals surface area contributed by atoms with Crippen molar-refractivity contribution in [2.24, 2.45) is 10.3 Å². The molecule has 0 unspecified atom stereocenters. The van der Waals surface area contributed by atoms with E-state index < -0.39 is 0 Å². The monoisotopic (exact) mass is 111 g/mol. The van der Waals surface area contributed by atoms with Crippen LogP contribution in [0.4, 0.5) is 0 Å². The fraction of sp³-hybridized carbons (Fsp3) is 0.600. The van der Waals surface area contributed by atoms with Gasteiger partial charge in [0.1, 0.15) is 6.54 Å². The second-order valence-corrected chi connectivity index (χ2v) is 1.99. The van der Waals surface area contributed by atoms with Crippen molar-refractivity contribution in [3.05, 3.63) is 11.3 Å². The van der Waals surface area contributed by atoms with Gasteiger partial charge in [-0.25, -0.2) is 0 Å². The summed E-state index contributed by atoms with van der Waals surface area (Å²) in [6.45, 7) is 4.81. The zero-order valence-corrected chi connectivity index (χ0v) is 5.10. The van der Waals surface area contributed by atoms with E-state index in [4.69, 9.17) is 0 Å². The Bertz CT molecular complexity index is 132. The first-order valence-electron chi connectivity index (χ1n) is 2.59. The lowest BCUT2D eigenvalue weighted by Crippen LogP contribution is -2.01. The summed E-state index contributed by atoms with van der Waals surface area (Å²) in [7, 11) is 0. The third-order valence-electron chi connectivity index (χ3n) is 1.09. The maximum atomic E-state index is 3.74. The van der Waals surface area contributed by atoms with Crippen molar-refractivity contribution in [2.45, 2.75) is 13.8 Å². The zero-order valence-electron chi connectivity index (χ0n) is 5.10. The van der Waals surface area contributed by atoms with Gasteiger partial charge in [-0.3, -0.25) is 5.43 Å². The van der Waals surface area contributed by atoms with E-state index in [1.165, 1.54) is 5.57 Å². The molecule has 8 heavy (non-hydrogen) atoms. The normalized spacial score (nSPS) is 16.5. The maximum Gasteiger partial charge on any atom is 0.104 e. The molecule has 0 saturated heterocycles.